The minimum atomic E-state index is -0.156. The SMILES string of the molecule is CC(C)=CCc1cc(C=O)ccc1OC1CCCCO1. The molecule has 1 heterocycles. The van der Waals surface area contributed by atoms with Gasteiger partial charge in [-0.1, -0.05) is 11.6 Å². The molecule has 0 aromatic heterocycles. The van der Waals surface area contributed by atoms with Crippen LogP contribution in [0.5, 0.6) is 5.75 Å². The van der Waals surface area contributed by atoms with Gasteiger partial charge in [-0.15, -0.1) is 0 Å². The second-order valence-electron chi connectivity index (χ2n) is 5.38. The van der Waals surface area contributed by atoms with Crippen molar-refractivity contribution in [2.24, 2.45) is 0 Å². The van der Waals surface area contributed by atoms with E-state index in [1.807, 2.05) is 12.1 Å². The average Bonchev–Trinajstić information content (AvgIpc) is 2.47. The third kappa shape index (κ3) is 4.20. The topological polar surface area (TPSA) is 35.5 Å². The molecule has 2 rings (SSSR count). The van der Waals surface area contributed by atoms with Crippen LogP contribution in [0.3, 0.4) is 0 Å². The number of ether oxygens (including phenoxy) is 2. The molecule has 1 fully saturated rings. The van der Waals surface area contributed by atoms with E-state index in [4.69, 9.17) is 9.47 Å². The molecule has 0 radical (unpaired) electrons. The quantitative estimate of drug-likeness (QED) is 0.603. The minimum absolute atomic E-state index is 0.156. The highest BCUT2D eigenvalue weighted by molar-refractivity contribution is 5.75. The molecule has 3 nitrogen and oxygen atoms in total. The molecule has 0 amide bonds. The maximum Gasteiger partial charge on any atom is 0.199 e. The fourth-order valence-corrected chi connectivity index (χ4v) is 2.21. The molecule has 1 aromatic carbocycles. The Morgan fingerprint density at radius 1 is 1.40 bits per heavy atom. The maximum absolute atomic E-state index is 10.9. The van der Waals surface area contributed by atoms with Crippen LogP contribution in [0.25, 0.3) is 0 Å². The Bertz CT molecular complexity index is 481. The average molecular weight is 274 g/mol. The van der Waals surface area contributed by atoms with Gasteiger partial charge in [0.2, 0.25) is 0 Å². The first-order valence-electron chi connectivity index (χ1n) is 7.19. The summed E-state index contributed by atoms with van der Waals surface area (Å²) in [6.45, 7) is 4.89. The molecule has 3 heteroatoms. The normalized spacial score (nSPS) is 18.4. The lowest BCUT2D eigenvalue weighted by Gasteiger charge is -2.24. The Hall–Kier alpha value is -1.61. The number of rotatable bonds is 5. The summed E-state index contributed by atoms with van der Waals surface area (Å²) >= 11 is 0. The summed E-state index contributed by atoms with van der Waals surface area (Å²) in [5.41, 5.74) is 2.96. The van der Waals surface area contributed by atoms with Gasteiger partial charge in [0.05, 0.1) is 6.61 Å². The maximum atomic E-state index is 10.9. The lowest BCUT2D eigenvalue weighted by molar-refractivity contribution is -0.106. The summed E-state index contributed by atoms with van der Waals surface area (Å²) in [6, 6.07) is 5.55. The second kappa shape index (κ2) is 7.25. The van der Waals surface area contributed by atoms with Crippen LogP contribution < -0.4 is 4.74 Å². The lowest BCUT2D eigenvalue weighted by Crippen LogP contribution is -2.25. The van der Waals surface area contributed by atoms with E-state index in [1.54, 1.807) is 6.07 Å². The van der Waals surface area contributed by atoms with Gasteiger partial charge in [0.15, 0.2) is 6.29 Å². The number of aldehydes is 1. The number of hydrogen-bond acceptors (Lipinski definition) is 3. The van der Waals surface area contributed by atoms with Crippen LogP contribution in [-0.4, -0.2) is 19.2 Å². The zero-order valence-electron chi connectivity index (χ0n) is 12.2. The van der Waals surface area contributed by atoms with Gasteiger partial charge in [-0.05, 0) is 56.9 Å². The van der Waals surface area contributed by atoms with Crippen molar-refractivity contribution in [3.8, 4) is 5.75 Å². The Morgan fingerprint density at radius 2 is 2.25 bits per heavy atom. The number of allylic oxidation sites excluding steroid dienone is 2. The summed E-state index contributed by atoms with van der Waals surface area (Å²) in [7, 11) is 0. The van der Waals surface area contributed by atoms with Crippen LogP contribution >= 0.6 is 0 Å². The Morgan fingerprint density at radius 3 is 2.90 bits per heavy atom. The van der Waals surface area contributed by atoms with E-state index in [-0.39, 0.29) is 6.29 Å². The molecule has 1 aliphatic heterocycles. The zero-order valence-corrected chi connectivity index (χ0v) is 12.2. The van der Waals surface area contributed by atoms with E-state index in [0.717, 1.165) is 49.9 Å². The summed E-state index contributed by atoms with van der Waals surface area (Å²) in [6.07, 6.45) is 6.79. The van der Waals surface area contributed by atoms with Crippen LogP contribution in [0, 0.1) is 0 Å². The summed E-state index contributed by atoms with van der Waals surface area (Å²) in [5, 5.41) is 0. The molecule has 0 spiro atoms. The fourth-order valence-electron chi connectivity index (χ4n) is 2.21. The van der Waals surface area contributed by atoms with E-state index in [2.05, 4.69) is 19.9 Å². The van der Waals surface area contributed by atoms with Crippen molar-refractivity contribution in [3.05, 3.63) is 41.0 Å². The molecular weight excluding hydrogens is 252 g/mol. The summed E-state index contributed by atoms with van der Waals surface area (Å²) in [4.78, 5) is 10.9. The predicted molar refractivity (Wildman–Crippen MR) is 79.2 cm³/mol. The molecule has 0 bridgehead atoms. The standard InChI is InChI=1S/C17H22O3/c1-13(2)6-8-15-11-14(12-18)7-9-16(15)20-17-5-3-4-10-19-17/h6-7,9,11-12,17H,3-5,8,10H2,1-2H3. The summed E-state index contributed by atoms with van der Waals surface area (Å²) in [5.74, 6) is 0.819. The molecule has 1 unspecified atom stereocenters. The monoisotopic (exact) mass is 274 g/mol. The van der Waals surface area contributed by atoms with Gasteiger partial charge in [0, 0.05) is 12.0 Å². The van der Waals surface area contributed by atoms with E-state index in [9.17, 15) is 4.79 Å². The molecule has 1 saturated heterocycles. The molecule has 1 aliphatic rings. The number of benzene rings is 1. The minimum Gasteiger partial charge on any atom is -0.465 e. The highest BCUT2D eigenvalue weighted by atomic mass is 16.7. The van der Waals surface area contributed by atoms with E-state index in [0.29, 0.717) is 5.56 Å². The van der Waals surface area contributed by atoms with Crippen LogP contribution in [0.15, 0.2) is 29.8 Å². The van der Waals surface area contributed by atoms with Gasteiger partial charge < -0.3 is 9.47 Å². The fraction of sp³-hybridized carbons (Fsp3) is 0.471. The second-order valence-corrected chi connectivity index (χ2v) is 5.38. The van der Waals surface area contributed by atoms with Gasteiger partial charge >= 0.3 is 0 Å². The third-order valence-corrected chi connectivity index (χ3v) is 3.35. The first kappa shape index (κ1) is 14.8. The smallest absolute Gasteiger partial charge is 0.199 e. The van der Waals surface area contributed by atoms with Crippen molar-refractivity contribution in [1.82, 2.24) is 0 Å². The van der Waals surface area contributed by atoms with Crippen molar-refractivity contribution in [1.29, 1.82) is 0 Å². The molecule has 1 atom stereocenters. The van der Waals surface area contributed by atoms with E-state index in [1.165, 1.54) is 5.57 Å². The lowest BCUT2D eigenvalue weighted by atomic mass is 10.1. The number of carbonyl (C=O) groups excluding carboxylic acids is 1. The van der Waals surface area contributed by atoms with Gasteiger partial charge in [0.25, 0.3) is 0 Å². The largest absolute Gasteiger partial charge is 0.465 e. The van der Waals surface area contributed by atoms with Crippen molar-refractivity contribution in [2.45, 2.75) is 45.8 Å². The Balaban J connectivity index is 2.16. The van der Waals surface area contributed by atoms with E-state index < -0.39 is 0 Å². The predicted octanol–water partition coefficient (Wildman–Crippen LogP) is 3.91. The first-order valence-corrected chi connectivity index (χ1v) is 7.19. The van der Waals surface area contributed by atoms with Gasteiger partial charge in [-0.3, -0.25) is 4.79 Å². The Kier molecular flexibility index (Phi) is 5.36. The molecule has 20 heavy (non-hydrogen) atoms. The number of carbonyl (C=O) groups is 1. The molecule has 108 valence electrons. The number of hydrogen-bond donors (Lipinski definition) is 0. The van der Waals surface area contributed by atoms with Crippen molar-refractivity contribution in [2.75, 3.05) is 6.61 Å². The molecule has 0 saturated carbocycles. The van der Waals surface area contributed by atoms with Crippen molar-refractivity contribution >= 4 is 6.29 Å². The molecular formula is C17H22O3. The van der Waals surface area contributed by atoms with Crippen LogP contribution in [0.4, 0.5) is 0 Å². The van der Waals surface area contributed by atoms with Crippen molar-refractivity contribution < 1.29 is 14.3 Å². The molecule has 0 N–H and O–H groups in total. The highest BCUT2D eigenvalue weighted by Crippen LogP contribution is 2.25. The Labute approximate surface area is 120 Å². The summed E-state index contributed by atoms with van der Waals surface area (Å²) < 4.78 is 11.6. The van der Waals surface area contributed by atoms with Crippen LogP contribution in [0.1, 0.15) is 49.0 Å². The van der Waals surface area contributed by atoms with Gasteiger partial charge in [-0.25, -0.2) is 0 Å². The van der Waals surface area contributed by atoms with Gasteiger partial charge in [-0.2, -0.15) is 0 Å². The van der Waals surface area contributed by atoms with Crippen LogP contribution in [-0.2, 0) is 11.2 Å². The highest BCUT2D eigenvalue weighted by Gasteiger charge is 2.16. The van der Waals surface area contributed by atoms with E-state index >= 15 is 0 Å². The first-order chi connectivity index (χ1) is 9.69. The molecule has 1 aromatic rings. The zero-order chi connectivity index (χ0) is 14.4. The van der Waals surface area contributed by atoms with Crippen LogP contribution in [0.2, 0.25) is 0 Å². The third-order valence-electron chi connectivity index (χ3n) is 3.35. The van der Waals surface area contributed by atoms with Crippen molar-refractivity contribution in [3.63, 3.8) is 0 Å². The molecule has 0 aliphatic carbocycles. The van der Waals surface area contributed by atoms with Gasteiger partial charge in [0.1, 0.15) is 12.0 Å².